The van der Waals surface area contributed by atoms with Crippen molar-refractivity contribution in [1.29, 1.82) is 0 Å². The Morgan fingerprint density at radius 1 is 0.773 bits per heavy atom. The van der Waals surface area contributed by atoms with Gasteiger partial charge in [-0.1, -0.05) is 84.0 Å². The third kappa shape index (κ3) is 17.7. The van der Waals surface area contributed by atoms with Gasteiger partial charge in [0.2, 0.25) is 0 Å². The summed E-state index contributed by atoms with van der Waals surface area (Å²) in [6.45, 7) is 2.23. The predicted octanol–water partition coefficient (Wildman–Crippen LogP) is 3.84. The van der Waals surface area contributed by atoms with Gasteiger partial charge in [-0.2, -0.15) is 0 Å². The van der Waals surface area contributed by atoms with Crippen LogP contribution in [0.5, 0.6) is 0 Å². The van der Waals surface area contributed by atoms with E-state index in [1.807, 2.05) is 0 Å². The number of hydrogen-bond donors (Lipinski definition) is 0. The zero-order chi connectivity index (χ0) is 16.7. The van der Waals surface area contributed by atoms with Gasteiger partial charge in [-0.15, -0.1) is 0 Å². The fourth-order valence-electron chi connectivity index (χ4n) is 2.46. The minimum atomic E-state index is -5.16. The number of rotatable bonds is 15. The van der Waals surface area contributed by atoms with Crippen LogP contribution in [0.4, 0.5) is 0 Å². The summed E-state index contributed by atoms with van der Waals surface area (Å²) in [6, 6.07) is 0. The van der Waals surface area contributed by atoms with E-state index in [1.54, 1.807) is 0 Å². The van der Waals surface area contributed by atoms with Crippen molar-refractivity contribution in [1.82, 2.24) is 0 Å². The second-order valence-corrected chi connectivity index (χ2v) is 6.98. The van der Waals surface area contributed by atoms with Gasteiger partial charge in [0.15, 0.2) is 0 Å². The number of phosphoric ester groups is 1. The number of carbonyl (C=O) groups excluding carboxylic acids is 1. The molecular formula is C16H31O5P-2. The molecule has 0 rings (SSSR count). The monoisotopic (exact) mass is 334 g/mol. The number of phosphoric acid groups is 1. The number of hydrogen-bond acceptors (Lipinski definition) is 5. The summed E-state index contributed by atoms with van der Waals surface area (Å²) < 4.78 is 14.0. The minimum Gasteiger partial charge on any atom is -0.780 e. The summed E-state index contributed by atoms with van der Waals surface area (Å²) in [5, 5.41) is 0. The van der Waals surface area contributed by atoms with E-state index < -0.39 is 13.8 Å². The molecule has 5 nitrogen and oxygen atoms in total. The van der Waals surface area contributed by atoms with Gasteiger partial charge in [-0.25, -0.2) is 0 Å². The summed E-state index contributed by atoms with van der Waals surface area (Å²) in [5.41, 5.74) is 0. The lowest BCUT2D eigenvalue weighted by Gasteiger charge is -2.27. The first kappa shape index (κ1) is 21.6. The van der Waals surface area contributed by atoms with Crippen molar-refractivity contribution >= 4 is 13.8 Å². The maximum absolute atomic E-state index is 11.0. The van der Waals surface area contributed by atoms with Crippen molar-refractivity contribution in [3.63, 3.8) is 0 Å². The average molecular weight is 334 g/mol. The normalized spacial score (nSPS) is 11.6. The molecule has 0 saturated heterocycles. The second-order valence-electron chi connectivity index (χ2n) is 5.90. The zero-order valence-electron chi connectivity index (χ0n) is 13.9. The van der Waals surface area contributed by atoms with E-state index >= 15 is 0 Å². The molecule has 0 aromatic carbocycles. The van der Waals surface area contributed by atoms with Crippen LogP contribution in [0.2, 0.25) is 0 Å². The molecule has 132 valence electrons. The van der Waals surface area contributed by atoms with Gasteiger partial charge in [0.05, 0.1) is 0 Å². The summed E-state index contributed by atoms with van der Waals surface area (Å²) in [6.07, 6.45) is 15.5. The third-order valence-electron chi connectivity index (χ3n) is 3.70. The Balaban J connectivity index is 3.17. The first-order valence-electron chi connectivity index (χ1n) is 8.70. The van der Waals surface area contributed by atoms with Crippen molar-refractivity contribution in [3.8, 4) is 0 Å². The van der Waals surface area contributed by atoms with Gasteiger partial charge in [0, 0.05) is 6.42 Å². The average Bonchev–Trinajstić information content (AvgIpc) is 2.42. The van der Waals surface area contributed by atoms with Gasteiger partial charge in [0.25, 0.3) is 0 Å². The first-order chi connectivity index (χ1) is 10.5. The Bertz CT molecular complexity index is 314. The van der Waals surface area contributed by atoms with Crippen LogP contribution in [-0.2, 0) is 13.9 Å². The molecule has 6 heteroatoms. The lowest BCUT2D eigenvalue weighted by molar-refractivity contribution is -0.337. The Morgan fingerprint density at radius 2 is 1.14 bits per heavy atom. The molecule has 0 amide bonds. The molecule has 0 aliphatic rings. The number of carbonyl (C=O) groups is 1. The smallest absolute Gasteiger partial charge is 0.309 e. The fourth-order valence-corrected chi connectivity index (χ4v) is 2.80. The van der Waals surface area contributed by atoms with Crippen molar-refractivity contribution in [2.75, 3.05) is 0 Å². The lowest BCUT2D eigenvalue weighted by atomic mass is 10.0. The molecule has 0 bridgehead atoms. The first-order valence-corrected chi connectivity index (χ1v) is 10.2. The van der Waals surface area contributed by atoms with E-state index in [-0.39, 0.29) is 6.42 Å². The summed E-state index contributed by atoms with van der Waals surface area (Å²) >= 11 is 0. The molecule has 0 spiro atoms. The van der Waals surface area contributed by atoms with E-state index in [0.29, 0.717) is 6.42 Å². The Kier molecular flexibility index (Phi) is 14.0. The van der Waals surface area contributed by atoms with Gasteiger partial charge in [-0.05, 0) is 6.42 Å². The van der Waals surface area contributed by atoms with Crippen LogP contribution in [-0.4, -0.2) is 5.97 Å². The van der Waals surface area contributed by atoms with Crippen LogP contribution < -0.4 is 9.79 Å². The quantitative estimate of drug-likeness (QED) is 0.335. The Hall–Kier alpha value is -0.380. The topological polar surface area (TPSA) is 89.5 Å². The number of unbranched alkanes of at least 4 members (excludes halogenated alkanes) is 12. The van der Waals surface area contributed by atoms with E-state index in [2.05, 4.69) is 11.4 Å². The summed E-state index contributed by atoms with van der Waals surface area (Å²) in [5.74, 6) is -0.934. The predicted molar refractivity (Wildman–Crippen MR) is 84.0 cm³/mol. The van der Waals surface area contributed by atoms with Gasteiger partial charge < -0.3 is 18.9 Å². The van der Waals surface area contributed by atoms with Crippen molar-refractivity contribution in [2.24, 2.45) is 0 Å². The lowest BCUT2D eigenvalue weighted by Crippen LogP contribution is -2.19. The molecule has 0 atom stereocenters. The van der Waals surface area contributed by atoms with Gasteiger partial charge >= 0.3 is 5.97 Å². The molecule has 0 fully saturated rings. The van der Waals surface area contributed by atoms with Gasteiger partial charge in [-0.3, -0.25) is 4.79 Å². The molecule has 0 heterocycles. The standard InChI is InChI=1S/C16H33O5P/c1-2-3-4-5-6-7-8-9-10-11-12-13-14-15-16(17)21-22(18,19)20/h2-15H2,1H3,(H2,18,19,20)/p-2. The SMILES string of the molecule is CCCCCCCCCCCCCCCC(=O)OP(=O)([O-])[O-]. The molecule has 0 aromatic rings. The molecule has 0 aliphatic carbocycles. The molecular weight excluding hydrogens is 303 g/mol. The Morgan fingerprint density at radius 3 is 1.50 bits per heavy atom. The van der Waals surface area contributed by atoms with Crippen molar-refractivity contribution in [2.45, 2.75) is 96.8 Å². The minimum absolute atomic E-state index is 0.00618. The molecule has 22 heavy (non-hydrogen) atoms. The van der Waals surface area contributed by atoms with Crippen molar-refractivity contribution in [3.05, 3.63) is 0 Å². The van der Waals surface area contributed by atoms with Crippen molar-refractivity contribution < 1.29 is 23.7 Å². The highest BCUT2D eigenvalue weighted by molar-refractivity contribution is 7.43. The maximum atomic E-state index is 11.0. The fraction of sp³-hybridized carbons (Fsp3) is 0.938. The van der Waals surface area contributed by atoms with Crippen LogP contribution in [0.1, 0.15) is 96.8 Å². The summed E-state index contributed by atoms with van der Waals surface area (Å²) in [7, 11) is -5.16. The summed E-state index contributed by atoms with van der Waals surface area (Å²) in [4.78, 5) is 31.4. The molecule has 0 saturated carbocycles. The highest BCUT2D eigenvalue weighted by Gasteiger charge is 2.04. The largest absolute Gasteiger partial charge is 0.780 e. The van der Waals surface area contributed by atoms with Crippen LogP contribution in [0, 0.1) is 0 Å². The van der Waals surface area contributed by atoms with E-state index in [4.69, 9.17) is 0 Å². The van der Waals surface area contributed by atoms with Crippen LogP contribution in [0.25, 0.3) is 0 Å². The molecule has 0 N–H and O–H groups in total. The maximum Gasteiger partial charge on any atom is 0.309 e. The third-order valence-corrected chi connectivity index (χ3v) is 4.13. The molecule has 0 aromatic heterocycles. The Labute approximate surface area is 135 Å². The van der Waals surface area contributed by atoms with Crippen LogP contribution in [0.15, 0.2) is 0 Å². The highest BCUT2D eigenvalue weighted by Crippen LogP contribution is 2.25. The van der Waals surface area contributed by atoms with E-state index in [1.165, 1.54) is 57.8 Å². The molecule has 0 unspecified atom stereocenters. The van der Waals surface area contributed by atoms with E-state index in [9.17, 15) is 19.1 Å². The van der Waals surface area contributed by atoms with Crippen LogP contribution in [0.3, 0.4) is 0 Å². The van der Waals surface area contributed by atoms with E-state index in [0.717, 1.165) is 19.3 Å². The van der Waals surface area contributed by atoms with Gasteiger partial charge in [0.1, 0.15) is 7.82 Å². The molecule has 0 aliphatic heterocycles. The second kappa shape index (κ2) is 14.2. The zero-order valence-corrected chi connectivity index (χ0v) is 14.8. The molecule has 0 radical (unpaired) electrons. The van der Waals surface area contributed by atoms with Crippen LogP contribution >= 0.6 is 7.82 Å². The highest BCUT2D eigenvalue weighted by atomic mass is 31.2.